The number of rotatable bonds is 3. The van der Waals surface area contributed by atoms with Crippen LogP contribution in [0.2, 0.25) is 0 Å². The van der Waals surface area contributed by atoms with Gasteiger partial charge in [-0.25, -0.2) is 14.4 Å². The van der Waals surface area contributed by atoms with Gasteiger partial charge in [0.1, 0.15) is 5.82 Å². The van der Waals surface area contributed by atoms with E-state index in [0.717, 1.165) is 37.1 Å². The minimum absolute atomic E-state index is 0.237. The first-order chi connectivity index (χ1) is 9.78. The van der Waals surface area contributed by atoms with Crippen molar-refractivity contribution in [3.8, 4) is 11.4 Å². The summed E-state index contributed by atoms with van der Waals surface area (Å²) >= 11 is 0. The predicted molar refractivity (Wildman–Crippen MR) is 76.8 cm³/mol. The van der Waals surface area contributed by atoms with E-state index in [4.69, 9.17) is 0 Å². The van der Waals surface area contributed by atoms with Crippen LogP contribution in [0, 0.1) is 5.82 Å². The molecule has 0 saturated heterocycles. The highest BCUT2D eigenvalue weighted by Crippen LogP contribution is 2.29. The summed E-state index contributed by atoms with van der Waals surface area (Å²) in [6, 6.07) is 6.70. The van der Waals surface area contributed by atoms with Crippen LogP contribution in [-0.4, -0.2) is 16.5 Å². The number of hydrogen-bond acceptors (Lipinski definition) is 3. The highest BCUT2D eigenvalue weighted by atomic mass is 19.1. The fourth-order valence-corrected chi connectivity index (χ4v) is 2.74. The fraction of sp³-hybridized carbons (Fsp3) is 0.375. The standard InChI is InChI=1S/C16H18FN3/c1-2-18-14-4-3-5-15-13(14)10-19-16(20-15)11-6-8-12(17)9-7-11/h6-10,14,18H,2-5H2,1H3. The van der Waals surface area contributed by atoms with Crippen molar-refractivity contribution in [3.63, 3.8) is 0 Å². The maximum atomic E-state index is 13.0. The van der Waals surface area contributed by atoms with Gasteiger partial charge >= 0.3 is 0 Å². The van der Waals surface area contributed by atoms with Gasteiger partial charge in [-0.2, -0.15) is 0 Å². The number of aryl methyl sites for hydroxylation is 1. The van der Waals surface area contributed by atoms with Crippen LogP contribution in [0.25, 0.3) is 11.4 Å². The average Bonchev–Trinajstić information content (AvgIpc) is 2.48. The van der Waals surface area contributed by atoms with E-state index in [0.29, 0.717) is 11.9 Å². The van der Waals surface area contributed by atoms with Crippen LogP contribution >= 0.6 is 0 Å². The third-order valence-electron chi connectivity index (χ3n) is 3.73. The molecular weight excluding hydrogens is 253 g/mol. The van der Waals surface area contributed by atoms with E-state index in [1.807, 2.05) is 6.20 Å². The summed E-state index contributed by atoms with van der Waals surface area (Å²) in [5.74, 6) is 0.444. The molecule has 2 aromatic rings. The number of halogens is 1. The molecule has 0 spiro atoms. The van der Waals surface area contributed by atoms with Crippen LogP contribution in [0.15, 0.2) is 30.5 Å². The maximum absolute atomic E-state index is 13.0. The van der Waals surface area contributed by atoms with Crippen molar-refractivity contribution in [3.05, 3.63) is 47.5 Å². The zero-order valence-corrected chi connectivity index (χ0v) is 11.6. The number of hydrogen-bond donors (Lipinski definition) is 1. The molecule has 0 aliphatic heterocycles. The highest BCUT2D eigenvalue weighted by Gasteiger charge is 2.21. The average molecular weight is 271 g/mol. The quantitative estimate of drug-likeness (QED) is 0.931. The Bertz CT molecular complexity index is 595. The van der Waals surface area contributed by atoms with Crippen molar-refractivity contribution in [2.45, 2.75) is 32.2 Å². The third kappa shape index (κ3) is 2.56. The fourth-order valence-electron chi connectivity index (χ4n) is 2.74. The molecule has 0 saturated carbocycles. The van der Waals surface area contributed by atoms with E-state index in [-0.39, 0.29) is 5.82 Å². The first-order valence-electron chi connectivity index (χ1n) is 7.13. The van der Waals surface area contributed by atoms with Gasteiger partial charge in [0.2, 0.25) is 0 Å². The van der Waals surface area contributed by atoms with Gasteiger partial charge in [-0.1, -0.05) is 6.92 Å². The first kappa shape index (κ1) is 13.2. The molecule has 1 heterocycles. The summed E-state index contributed by atoms with van der Waals surface area (Å²) in [6.45, 7) is 3.06. The zero-order valence-electron chi connectivity index (χ0n) is 11.6. The van der Waals surface area contributed by atoms with E-state index < -0.39 is 0 Å². The van der Waals surface area contributed by atoms with Crippen molar-refractivity contribution in [1.82, 2.24) is 15.3 Å². The van der Waals surface area contributed by atoms with Gasteiger partial charge in [-0.15, -0.1) is 0 Å². The molecular formula is C16H18FN3. The van der Waals surface area contributed by atoms with Crippen molar-refractivity contribution in [2.24, 2.45) is 0 Å². The molecule has 3 nitrogen and oxygen atoms in total. The zero-order chi connectivity index (χ0) is 13.9. The number of nitrogens with zero attached hydrogens (tertiary/aromatic N) is 2. The highest BCUT2D eigenvalue weighted by molar-refractivity contribution is 5.55. The van der Waals surface area contributed by atoms with Gasteiger partial charge in [-0.05, 0) is 50.1 Å². The van der Waals surface area contributed by atoms with Crippen molar-refractivity contribution in [1.29, 1.82) is 0 Å². The lowest BCUT2D eigenvalue weighted by Crippen LogP contribution is -2.25. The molecule has 1 aromatic heterocycles. The van der Waals surface area contributed by atoms with Crippen LogP contribution in [0.1, 0.15) is 37.1 Å². The van der Waals surface area contributed by atoms with E-state index >= 15 is 0 Å². The van der Waals surface area contributed by atoms with Crippen LogP contribution < -0.4 is 5.32 Å². The van der Waals surface area contributed by atoms with E-state index in [1.54, 1.807) is 12.1 Å². The van der Waals surface area contributed by atoms with Crippen molar-refractivity contribution < 1.29 is 4.39 Å². The molecule has 3 rings (SSSR count). The Morgan fingerprint density at radius 2 is 2.10 bits per heavy atom. The number of benzene rings is 1. The Kier molecular flexibility index (Phi) is 3.74. The normalized spacial score (nSPS) is 17.8. The predicted octanol–water partition coefficient (Wildman–Crippen LogP) is 3.27. The van der Waals surface area contributed by atoms with Crippen LogP contribution in [0.5, 0.6) is 0 Å². The molecule has 0 fully saturated rings. The summed E-state index contributed by atoms with van der Waals surface area (Å²) in [6.07, 6.45) is 5.20. The summed E-state index contributed by atoms with van der Waals surface area (Å²) in [4.78, 5) is 9.12. The molecule has 1 aliphatic carbocycles. The summed E-state index contributed by atoms with van der Waals surface area (Å²) < 4.78 is 13.0. The van der Waals surface area contributed by atoms with Crippen LogP contribution in [0.3, 0.4) is 0 Å². The molecule has 20 heavy (non-hydrogen) atoms. The van der Waals surface area contributed by atoms with E-state index in [2.05, 4.69) is 22.2 Å². The molecule has 0 radical (unpaired) electrons. The smallest absolute Gasteiger partial charge is 0.159 e. The third-order valence-corrected chi connectivity index (χ3v) is 3.73. The van der Waals surface area contributed by atoms with Crippen LogP contribution in [0.4, 0.5) is 4.39 Å². The van der Waals surface area contributed by atoms with E-state index in [9.17, 15) is 4.39 Å². The molecule has 1 N–H and O–H groups in total. The lowest BCUT2D eigenvalue weighted by Gasteiger charge is -2.25. The van der Waals surface area contributed by atoms with Gasteiger partial charge in [0, 0.05) is 29.1 Å². The molecule has 1 aromatic carbocycles. The topological polar surface area (TPSA) is 37.8 Å². The minimum Gasteiger partial charge on any atom is -0.310 e. The molecule has 1 aliphatic rings. The lowest BCUT2D eigenvalue weighted by atomic mass is 9.92. The van der Waals surface area contributed by atoms with Gasteiger partial charge in [-0.3, -0.25) is 0 Å². The second kappa shape index (κ2) is 5.67. The van der Waals surface area contributed by atoms with Gasteiger partial charge in [0.15, 0.2) is 5.82 Å². The summed E-state index contributed by atoms with van der Waals surface area (Å²) in [5.41, 5.74) is 3.19. The Morgan fingerprint density at radius 1 is 1.30 bits per heavy atom. The molecule has 104 valence electrons. The maximum Gasteiger partial charge on any atom is 0.159 e. The van der Waals surface area contributed by atoms with Crippen molar-refractivity contribution >= 4 is 0 Å². The molecule has 0 bridgehead atoms. The first-order valence-corrected chi connectivity index (χ1v) is 7.13. The Morgan fingerprint density at radius 3 is 2.85 bits per heavy atom. The summed E-state index contributed by atoms with van der Waals surface area (Å²) in [7, 11) is 0. The molecule has 4 heteroatoms. The number of nitrogens with one attached hydrogen (secondary N) is 1. The van der Waals surface area contributed by atoms with Gasteiger partial charge in [0.05, 0.1) is 0 Å². The molecule has 0 amide bonds. The molecule has 1 unspecified atom stereocenters. The number of fused-ring (bicyclic) bond motifs is 1. The Hall–Kier alpha value is -1.81. The second-order valence-electron chi connectivity index (χ2n) is 5.11. The SMILES string of the molecule is CCNC1CCCc2nc(-c3ccc(F)cc3)ncc21. The Balaban J connectivity index is 1.94. The van der Waals surface area contributed by atoms with Gasteiger partial charge in [0.25, 0.3) is 0 Å². The number of aromatic nitrogens is 2. The summed E-state index contributed by atoms with van der Waals surface area (Å²) in [5, 5.41) is 3.48. The molecule has 1 atom stereocenters. The van der Waals surface area contributed by atoms with Crippen molar-refractivity contribution in [2.75, 3.05) is 6.54 Å². The van der Waals surface area contributed by atoms with Crippen LogP contribution in [-0.2, 0) is 6.42 Å². The van der Waals surface area contributed by atoms with E-state index in [1.165, 1.54) is 17.7 Å². The second-order valence-corrected chi connectivity index (χ2v) is 5.11. The minimum atomic E-state index is -0.237. The van der Waals surface area contributed by atoms with Gasteiger partial charge < -0.3 is 5.32 Å². The monoisotopic (exact) mass is 271 g/mol. The largest absolute Gasteiger partial charge is 0.310 e. The Labute approximate surface area is 118 Å². The lowest BCUT2D eigenvalue weighted by molar-refractivity contribution is 0.464.